The third-order valence-electron chi connectivity index (χ3n) is 1.53. The van der Waals surface area contributed by atoms with Crippen LogP contribution >= 0.6 is 27.5 Å². The second kappa shape index (κ2) is 3.73. The largest absolute Gasteiger partial charge is 0.324 e. The third kappa shape index (κ3) is 1.97. The maximum atomic E-state index is 12.9. The van der Waals surface area contributed by atoms with Gasteiger partial charge in [0, 0.05) is 11.1 Å². The van der Waals surface area contributed by atoms with Crippen LogP contribution in [0.5, 0.6) is 0 Å². The highest BCUT2D eigenvalue weighted by molar-refractivity contribution is 9.10. The van der Waals surface area contributed by atoms with E-state index in [1.54, 1.807) is 13.0 Å². The predicted molar refractivity (Wildman–Crippen MR) is 51.7 cm³/mol. The van der Waals surface area contributed by atoms with Crippen LogP contribution in [0.4, 0.5) is 4.39 Å². The lowest BCUT2D eigenvalue weighted by molar-refractivity contribution is 0.619. The summed E-state index contributed by atoms with van der Waals surface area (Å²) in [5.41, 5.74) is 6.35. The first-order valence-electron chi connectivity index (χ1n) is 3.42. The zero-order valence-corrected chi connectivity index (χ0v) is 8.79. The molecule has 1 atom stereocenters. The van der Waals surface area contributed by atoms with Crippen molar-refractivity contribution in [1.82, 2.24) is 0 Å². The minimum absolute atomic E-state index is 0.186. The van der Waals surface area contributed by atoms with E-state index in [4.69, 9.17) is 17.3 Å². The lowest BCUT2D eigenvalue weighted by Gasteiger charge is -2.08. The lowest BCUT2D eigenvalue weighted by Crippen LogP contribution is -2.05. The number of hydrogen-bond donors (Lipinski definition) is 1. The SMILES string of the molecule is CC(N)c1cc(Br)c(F)cc1Cl. The van der Waals surface area contributed by atoms with Crippen LogP contribution in [0.15, 0.2) is 16.6 Å². The van der Waals surface area contributed by atoms with E-state index < -0.39 is 0 Å². The molecule has 0 fully saturated rings. The molecule has 0 aliphatic heterocycles. The van der Waals surface area contributed by atoms with Gasteiger partial charge in [0.15, 0.2) is 0 Å². The molecule has 1 unspecified atom stereocenters. The fourth-order valence-electron chi connectivity index (χ4n) is 0.887. The molecule has 1 aromatic rings. The van der Waals surface area contributed by atoms with Crippen LogP contribution in [0.25, 0.3) is 0 Å². The minimum atomic E-state index is -0.371. The molecule has 0 amide bonds. The van der Waals surface area contributed by atoms with Crippen molar-refractivity contribution in [3.05, 3.63) is 33.0 Å². The molecule has 0 radical (unpaired) electrons. The fraction of sp³-hybridized carbons (Fsp3) is 0.250. The van der Waals surface area contributed by atoms with Crippen molar-refractivity contribution in [3.63, 3.8) is 0 Å². The molecule has 4 heteroatoms. The molecule has 0 spiro atoms. The third-order valence-corrected chi connectivity index (χ3v) is 2.47. The molecule has 0 bridgehead atoms. The van der Waals surface area contributed by atoms with Crippen molar-refractivity contribution < 1.29 is 4.39 Å². The highest BCUT2D eigenvalue weighted by Crippen LogP contribution is 2.27. The first-order chi connectivity index (χ1) is 5.52. The average Bonchev–Trinajstić information content (AvgIpc) is 1.96. The van der Waals surface area contributed by atoms with Crippen LogP contribution < -0.4 is 5.73 Å². The molecule has 1 nitrogen and oxygen atoms in total. The highest BCUT2D eigenvalue weighted by atomic mass is 79.9. The van der Waals surface area contributed by atoms with Crippen molar-refractivity contribution in [2.24, 2.45) is 5.73 Å². The van der Waals surface area contributed by atoms with Gasteiger partial charge in [0.1, 0.15) is 5.82 Å². The van der Waals surface area contributed by atoms with E-state index in [-0.39, 0.29) is 11.9 Å². The van der Waals surface area contributed by atoms with Gasteiger partial charge in [0.05, 0.1) is 4.47 Å². The second-order valence-electron chi connectivity index (χ2n) is 2.58. The summed E-state index contributed by atoms with van der Waals surface area (Å²) >= 11 is 8.81. The van der Waals surface area contributed by atoms with Crippen molar-refractivity contribution in [2.45, 2.75) is 13.0 Å². The summed E-state index contributed by atoms with van der Waals surface area (Å²) in [6, 6.07) is 2.67. The Kier molecular flexibility index (Phi) is 3.09. The Morgan fingerprint density at radius 2 is 2.17 bits per heavy atom. The van der Waals surface area contributed by atoms with Gasteiger partial charge in [-0.3, -0.25) is 0 Å². The van der Waals surface area contributed by atoms with Crippen molar-refractivity contribution in [2.75, 3.05) is 0 Å². The molecular weight excluding hydrogens is 244 g/mol. The molecule has 12 heavy (non-hydrogen) atoms. The standard InChI is InChI=1S/C8H8BrClFN/c1-4(12)5-2-6(9)8(11)3-7(5)10/h2-4H,12H2,1H3. The summed E-state index contributed by atoms with van der Waals surface area (Å²) < 4.78 is 13.2. The smallest absolute Gasteiger partial charge is 0.138 e. The molecule has 66 valence electrons. The summed E-state index contributed by atoms with van der Waals surface area (Å²) in [4.78, 5) is 0. The van der Waals surface area contributed by atoms with Crippen LogP contribution in [-0.4, -0.2) is 0 Å². The van der Waals surface area contributed by atoms with Gasteiger partial charge in [-0.15, -0.1) is 0 Å². The summed E-state index contributed by atoms with van der Waals surface area (Å²) in [5.74, 6) is -0.371. The van der Waals surface area contributed by atoms with Crippen molar-refractivity contribution in [1.29, 1.82) is 0 Å². The van der Waals surface area contributed by atoms with E-state index in [2.05, 4.69) is 15.9 Å². The number of nitrogens with two attached hydrogens (primary N) is 1. The van der Waals surface area contributed by atoms with Gasteiger partial charge in [-0.1, -0.05) is 11.6 Å². The Bertz CT molecular complexity index is 301. The zero-order valence-electron chi connectivity index (χ0n) is 6.44. The summed E-state index contributed by atoms with van der Waals surface area (Å²) in [7, 11) is 0. The normalized spacial score (nSPS) is 13.1. The molecule has 0 aliphatic rings. The molecule has 0 aromatic heterocycles. The van der Waals surface area contributed by atoms with Gasteiger partial charge < -0.3 is 5.73 Å². The summed E-state index contributed by atoms with van der Waals surface area (Å²) in [6.45, 7) is 1.80. The molecule has 0 saturated carbocycles. The maximum absolute atomic E-state index is 12.9. The van der Waals surface area contributed by atoms with Crippen LogP contribution in [0, 0.1) is 5.82 Å². The van der Waals surface area contributed by atoms with E-state index >= 15 is 0 Å². The first kappa shape index (κ1) is 9.96. The minimum Gasteiger partial charge on any atom is -0.324 e. The molecular formula is C8H8BrClFN. The first-order valence-corrected chi connectivity index (χ1v) is 4.59. The quantitative estimate of drug-likeness (QED) is 0.763. The summed E-state index contributed by atoms with van der Waals surface area (Å²) in [6.07, 6.45) is 0. The lowest BCUT2D eigenvalue weighted by atomic mass is 10.1. The van der Waals surface area contributed by atoms with E-state index in [1.807, 2.05) is 0 Å². The van der Waals surface area contributed by atoms with E-state index in [1.165, 1.54) is 6.07 Å². The number of benzene rings is 1. The highest BCUT2D eigenvalue weighted by Gasteiger charge is 2.09. The fourth-order valence-corrected chi connectivity index (χ4v) is 1.57. The van der Waals surface area contributed by atoms with Crippen LogP contribution in [0.3, 0.4) is 0 Å². The van der Waals surface area contributed by atoms with Gasteiger partial charge in [0.25, 0.3) is 0 Å². The Labute approximate surface area is 83.8 Å². The maximum Gasteiger partial charge on any atom is 0.138 e. The Hall–Kier alpha value is -0.120. The monoisotopic (exact) mass is 251 g/mol. The Morgan fingerprint density at radius 3 is 2.67 bits per heavy atom. The van der Waals surface area contributed by atoms with Crippen molar-refractivity contribution in [3.8, 4) is 0 Å². The van der Waals surface area contributed by atoms with E-state index in [9.17, 15) is 4.39 Å². The molecule has 0 aliphatic carbocycles. The van der Waals surface area contributed by atoms with Gasteiger partial charge in [-0.2, -0.15) is 0 Å². The van der Waals surface area contributed by atoms with Crippen molar-refractivity contribution >= 4 is 27.5 Å². The van der Waals surface area contributed by atoms with E-state index in [0.29, 0.717) is 9.50 Å². The van der Waals surface area contributed by atoms with Crippen LogP contribution in [0.2, 0.25) is 5.02 Å². The van der Waals surface area contributed by atoms with Crippen LogP contribution in [0.1, 0.15) is 18.5 Å². The van der Waals surface area contributed by atoms with Crippen LogP contribution in [-0.2, 0) is 0 Å². The number of hydrogen-bond acceptors (Lipinski definition) is 1. The molecule has 1 rings (SSSR count). The molecule has 2 N–H and O–H groups in total. The molecule has 1 aromatic carbocycles. The molecule has 0 saturated heterocycles. The van der Waals surface area contributed by atoms with Gasteiger partial charge in [-0.25, -0.2) is 4.39 Å². The number of halogens is 3. The van der Waals surface area contributed by atoms with Gasteiger partial charge in [-0.05, 0) is 40.5 Å². The van der Waals surface area contributed by atoms with E-state index in [0.717, 1.165) is 5.56 Å². The molecule has 0 heterocycles. The van der Waals surface area contributed by atoms with Gasteiger partial charge in [0.2, 0.25) is 0 Å². The predicted octanol–water partition coefficient (Wildman–Crippen LogP) is 3.26. The number of rotatable bonds is 1. The second-order valence-corrected chi connectivity index (χ2v) is 3.84. The topological polar surface area (TPSA) is 26.0 Å². The Morgan fingerprint density at radius 1 is 1.58 bits per heavy atom. The van der Waals surface area contributed by atoms with Gasteiger partial charge >= 0.3 is 0 Å². The summed E-state index contributed by atoms with van der Waals surface area (Å²) in [5, 5.41) is 0.366. The Balaban J connectivity index is 3.23. The average molecular weight is 253 g/mol. The zero-order chi connectivity index (χ0) is 9.30.